The fourth-order valence-corrected chi connectivity index (χ4v) is 2.71. The molecule has 7 heteroatoms. The quantitative estimate of drug-likeness (QED) is 0.773. The van der Waals surface area contributed by atoms with Gasteiger partial charge in [-0.25, -0.2) is 9.69 Å². The predicted molar refractivity (Wildman–Crippen MR) is 78.1 cm³/mol. The Morgan fingerprint density at radius 1 is 1.27 bits per heavy atom. The zero-order valence-electron chi connectivity index (χ0n) is 12.6. The molecule has 2 heterocycles. The van der Waals surface area contributed by atoms with Crippen molar-refractivity contribution in [1.82, 2.24) is 4.90 Å². The maximum Gasteiger partial charge on any atom is 0.332 e. The second-order valence-corrected chi connectivity index (χ2v) is 5.16. The molecule has 1 fully saturated rings. The minimum absolute atomic E-state index is 0.148. The van der Waals surface area contributed by atoms with E-state index in [0.717, 1.165) is 6.42 Å². The van der Waals surface area contributed by atoms with Crippen LogP contribution in [0, 0.1) is 0 Å². The van der Waals surface area contributed by atoms with Crippen molar-refractivity contribution in [2.45, 2.75) is 19.4 Å². The van der Waals surface area contributed by atoms with Gasteiger partial charge in [0.05, 0.1) is 12.3 Å². The Balaban J connectivity index is 1.92. The molecule has 0 N–H and O–H groups in total. The van der Waals surface area contributed by atoms with E-state index in [1.165, 1.54) is 12.0 Å². The van der Waals surface area contributed by atoms with E-state index in [1.807, 2.05) is 6.92 Å². The lowest BCUT2D eigenvalue weighted by Crippen LogP contribution is -2.38. The molecule has 2 aliphatic rings. The molecule has 2 aliphatic heterocycles. The van der Waals surface area contributed by atoms with Crippen molar-refractivity contribution in [2.24, 2.45) is 0 Å². The average Bonchev–Trinajstić information content (AvgIpc) is 3.05. The van der Waals surface area contributed by atoms with Crippen LogP contribution in [0.2, 0.25) is 0 Å². The molecule has 1 saturated heterocycles. The number of hydrogen-bond donors (Lipinski definition) is 0. The van der Waals surface area contributed by atoms with E-state index in [1.54, 1.807) is 23.1 Å². The van der Waals surface area contributed by atoms with E-state index in [2.05, 4.69) is 0 Å². The van der Waals surface area contributed by atoms with Gasteiger partial charge in [0.25, 0.3) is 5.91 Å². The molecule has 0 saturated carbocycles. The Hall–Kier alpha value is -2.28. The van der Waals surface area contributed by atoms with Gasteiger partial charge in [0.1, 0.15) is 6.04 Å². The van der Waals surface area contributed by atoms with Crippen LogP contribution >= 0.6 is 0 Å². The number of rotatable bonds is 5. The van der Waals surface area contributed by atoms with Gasteiger partial charge in [-0.1, -0.05) is 6.92 Å². The van der Waals surface area contributed by atoms with Gasteiger partial charge in [0.15, 0.2) is 11.5 Å². The highest BCUT2D eigenvalue weighted by molar-refractivity contribution is 6.21. The molecule has 3 amide bonds. The van der Waals surface area contributed by atoms with Crippen LogP contribution in [0.5, 0.6) is 11.5 Å². The van der Waals surface area contributed by atoms with Gasteiger partial charge in [-0.15, -0.1) is 0 Å². The molecule has 3 rings (SSSR count). The number of ether oxygens (including phenoxy) is 3. The number of benzene rings is 1. The Morgan fingerprint density at radius 2 is 2.05 bits per heavy atom. The molecule has 0 aromatic heterocycles. The van der Waals surface area contributed by atoms with E-state index in [0.29, 0.717) is 23.7 Å². The number of fused-ring (bicyclic) bond motifs is 1. The number of carbonyl (C=O) groups is 2. The molecule has 1 unspecified atom stereocenters. The number of anilines is 1. The second kappa shape index (κ2) is 5.84. The molecule has 7 nitrogen and oxygen atoms in total. The third-order valence-electron chi connectivity index (χ3n) is 3.72. The molecule has 0 aliphatic carbocycles. The van der Waals surface area contributed by atoms with Crippen LogP contribution in [0.3, 0.4) is 0 Å². The molecule has 0 radical (unpaired) electrons. The molecule has 1 atom stereocenters. The van der Waals surface area contributed by atoms with Gasteiger partial charge in [0, 0.05) is 19.7 Å². The highest BCUT2D eigenvalue weighted by Crippen LogP contribution is 2.37. The van der Waals surface area contributed by atoms with Crippen LogP contribution in [-0.4, -0.2) is 49.9 Å². The zero-order valence-corrected chi connectivity index (χ0v) is 12.6. The van der Waals surface area contributed by atoms with Crippen molar-refractivity contribution in [1.29, 1.82) is 0 Å². The van der Waals surface area contributed by atoms with Crippen molar-refractivity contribution < 1.29 is 23.8 Å². The van der Waals surface area contributed by atoms with E-state index in [4.69, 9.17) is 14.2 Å². The van der Waals surface area contributed by atoms with E-state index in [-0.39, 0.29) is 25.3 Å². The van der Waals surface area contributed by atoms with Gasteiger partial charge in [-0.05, 0) is 18.6 Å². The highest BCUT2D eigenvalue weighted by atomic mass is 16.7. The number of imide groups is 1. The monoisotopic (exact) mass is 306 g/mol. The lowest BCUT2D eigenvalue weighted by Gasteiger charge is -2.20. The maximum absolute atomic E-state index is 12.6. The minimum atomic E-state index is -0.581. The van der Waals surface area contributed by atoms with Crippen LogP contribution in [0.4, 0.5) is 10.5 Å². The standard InChI is InChI=1S/C15H18N2O5/c1-3-6-16-11(8-20-2)14(18)17(15(16)19)10-4-5-12-13(7-10)22-9-21-12/h4-5,7,11H,3,6,8-9H2,1-2H3. The molecular formula is C15H18N2O5. The molecule has 22 heavy (non-hydrogen) atoms. The Labute approximate surface area is 128 Å². The fourth-order valence-electron chi connectivity index (χ4n) is 2.71. The highest BCUT2D eigenvalue weighted by Gasteiger charge is 2.45. The van der Waals surface area contributed by atoms with Crippen molar-refractivity contribution in [2.75, 3.05) is 32.0 Å². The average molecular weight is 306 g/mol. The van der Waals surface area contributed by atoms with Gasteiger partial charge in [-0.3, -0.25) is 4.79 Å². The lowest BCUT2D eigenvalue weighted by atomic mass is 10.2. The summed E-state index contributed by atoms with van der Waals surface area (Å²) >= 11 is 0. The molecule has 118 valence electrons. The summed E-state index contributed by atoms with van der Waals surface area (Å²) in [5.74, 6) is 0.871. The van der Waals surface area contributed by atoms with Gasteiger partial charge < -0.3 is 19.1 Å². The summed E-state index contributed by atoms with van der Waals surface area (Å²) in [6, 6.07) is 4.13. The van der Waals surface area contributed by atoms with Crippen molar-refractivity contribution in [3.63, 3.8) is 0 Å². The largest absolute Gasteiger partial charge is 0.454 e. The SMILES string of the molecule is CCCN1C(=O)N(c2ccc3c(c2)OCO3)C(=O)C1COC. The van der Waals surface area contributed by atoms with Gasteiger partial charge >= 0.3 is 6.03 Å². The maximum atomic E-state index is 12.6. The van der Waals surface area contributed by atoms with Crippen LogP contribution in [0.25, 0.3) is 0 Å². The first-order valence-corrected chi connectivity index (χ1v) is 7.20. The molecule has 1 aromatic rings. The first-order valence-electron chi connectivity index (χ1n) is 7.20. The van der Waals surface area contributed by atoms with Crippen LogP contribution in [0.15, 0.2) is 18.2 Å². The van der Waals surface area contributed by atoms with Crippen molar-refractivity contribution in [3.05, 3.63) is 18.2 Å². The van der Waals surface area contributed by atoms with Gasteiger partial charge in [-0.2, -0.15) is 0 Å². The van der Waals surface area contributed by atoms with E-state index >= 15 is 0 Å². The molecule has 0 bridgehead atoms. The second-order valence-electron chi connectivity index (χ2n) is 5.16. The van der Waals surface area contributed by atoms with Crippen molar-refractivity contribution >= 4 is 17.6 Å². The topological polar surface area (TPSA) is 68.3 Å². The van der Waals surface area contributed by atoms with Gasteiger partial charge in [0.2, 0.25) is 6.79 Å². The smallest absolute Gasteiger partial charge is 0.332 e. The third kappa shape index (κ3) is 2.27. The van der Waals surface area contributed by atoms with Crippen LogP contribution < -0.4 is 14.4 Å². The summed E-state index contributed by atoms with van der Waals surface area (Å²) < 4.78 is 15.6. The Morgan fingerprint density at radius 3 is 2.77 bits per heavy atom. The summed E-state index contributed by atoms with van der Waals surface area (Å²) in [5, 5.41) is 0. The number of nitrogens with zero attached hydrogens (tertiary/aromatic N) is 2. The predicted octanol–water partition coefficient (Wildman–Crippen LogP) is 1.61. The summed E-state index contributed by atoms with van der Waals surface area (Å²) in [6.07, 6.45) is 0.772. The van der Waals surface area contributed by atoms with Crippen LogP contribution in [-0.2, 0) is 9.53 Å². The lowest BCUT2D eigenvalue weighted by molar-refractivity contribution is -0.121. The zero-order chi connectivity index (χ0) is 15.7. The normalized spacial score (nSPS) is 20.2. The van der Waals surface area contributed by atoms with Crippen LogP contribution in [0.1, 0.15) is 13.3 Å². The first kappa shape index (κ1) is 14.6. The summed E-state index contributed by atoms with van der Waals surface area (Å²) in [6.45, 7) is 2.81. The molecule has 0 spiro atoms. The number of carbonyl (C=O) groups excluding carboxylic acids is 2. The Bertz CT molecular complexity index is 580. The Kier molecular flexibility index (Phi) is 3.89. The number of urea groups is 1. The summed E-state index contributed by atoms with van der Waals surface area (Å²) in [7, 11) is 1.52. The first-order chi connectivity index (χ1) is 10.7. The summed E-state index contributed by atoms with van der Waals surface area (Å²) in [4.78, 5) is 27.9. The third-order valence-corrected chi connectivity index (χ3v) is 3.72. The molecule has 1 aromatic carbocycles. The number of hydrogen-bond acceptors (Lipinski definition) is 5. The summed E-state index contributed by atoms with van der Waals surface area (Å²) in [5.41, 5.74) is 0.485. The van der Waals surface area contributed by atoms with E-state index < -0.39 is 6.04 Å². The minimum Gasteiger partial charge on any atom is -0.454 e. The fraction of sp³-hybridized carbons (Fsp3) is 0.467. The van der Waals surface area contributed by atoms with E-state index in [9.17, 15) is 9.59 Å². The van der Waals surface area contributed by atoms with Crippen molar-refractivity contribution in [3.8, 4) is 11.5 Å². The number of amides is 3. The number of methoxy groups -OCH3 is 1. The molecular weight excluding hydrogens is 288 g/mol.